The lowest BCUT2D eigenvalue weighted by atomic mass is 10.2. The SMILES string of the molecule is Nc1nc(C(=NOCC(=O)OCc2ccc([N+](=O)[O-])cc2)C(=O)N[C@H]2CON(OC(=O)C3CCC(=O)O3)C2=O)cs1. The van der Waals surface area contributed by atoms with Gasteiger partial charge in [-0.2, -0.15) is 0 Å². The summed E-state index contributed by atoms with van der Waals surface area (Å²) in [4.78, 5) is 89.7. The van der Waals surface area contributed by atoms with Crippen molar-refractivity contribution in [2.24, 2.45) is 5.16 Å². The number of anilines is 1. The van der Waals surface area contributed by atoms with E-state index in [4.69, 9.17) is 29.7 Å². The van der Waals surface area contributed by atoms with Crippen molar-refractivity contribution in [1.82, 2.24) is 15.5 Å². The molecule has 41 heavy (non-hydrogen) atoms. The van der Waals surface area contributed by atoms with Gasteiger partial charge < -0.3 is 30.2 Å². The molecule has 3 heterocycles. The quantitative estimate of drug-likeness (QED) is 0.145. The Hall–Kier alpha value is -5.17. The Morgan fingerprint density at radius 3 is 2.66 bits per heavy atom. The summed E-state index contributed by atoms with van der Waals surface area (Å²) in [7, 11) is 0. The van der Waals surface area contributed by atoms with Crippen LogP contribution in [0.25, 0.3) is 0 Å². The van der Waals surface area contributed by atoms with Crippen LogP contribution in [-0.4, -0.2) is 75.9 Å². The summed E-state index contributed by atoms with van der Waals surface area (Å²) in [5.74, 6) is -4.38. The van der Waals surface area contributed by atoms with Gasteiger partial charge in [-0.15, -0.1) is 11.3 Å². The molecule has 2 aliphatic heterocycles. The van der Waals surface area contributed by atoms with E-state index in [-0.39, 0.29) is 41.2 Å². The number of ether oxygens (including phenoxy) is 2. The first-order valence-corrected chi connectivity index (χ1v) is 12.5. The first-order valence-electron chi connectivity index (χ1n) is 11.6. The van der Waals surface area contributed by atoms with Gasteiger partial charge in [0.1, 0.15) is 24.9 Å². The number of hydroxylamine groups is 2. The summed E-state index contributed by atoms with van der Waals surface area (Å²) in [5, 5.41) is 18.4. The number of nitrogens with one attached hydrogen (secondary N) is 1. The molecule has 0 radical (unpaired) electrons. The molecule has 4 rings (SSSR count). The summed E-state index contributed by atoms with van der Waals surface area (Å²) in [6, 6.07) is 4.03. The van der Waals surface area contributed by atoms with Gasteiger partial charge in [-0.05, 0) is 22.9 Å². The highest BCUT2D eigenvalue weighted by Crippen LogP contribution is 2.18. The average Bonchev–Trinajstić information content (AvgIpc) is 3.66. The van der Waals surface area contributed by atoms with E-state index >= 15 is 0 Å². The number of thiazole rings is 1. The Kier molecular flexibility index (Phi) is 8.99. The molecular formula is C22H20N6O12S. The number of cyclic esters (lactones) is 1. The predicted molar refractivity (Wildman–Crippen MR) is 132 cm³/mol. The second-order valence-corrected chi connectivity index (χ2v) is 9.10. The van der Waals surface area contributed by atoms with Crippen molar-refractivity contribution in [3.05, 3.63) is 51.0 Å². The highest BCUT2D eigenvalue weighted by Gasteiger charge is 2.41. The van der Waals surface area contributed by atoms with Crippen LogP contribution in [0.3, 0.4) is 0 Å². The van der Waals surface area contributed by atoms with Crippen LogP contribution in [0.5, 0.6) is 0 Å². The smallest absolute Gasteiger partial charge is 0.375 e. The van der Waals surface area contributed by atoms with Gasteiger partial charge in [0.15, 0.2) is 10.8 Å². The monoisotopic (exact) mass is 592 g/mol. The van der Waals surface area contributed by atoms with Crippen molar-refractivity contribution in [3.8, 4) is 0 Å². The second kappa shape index (κ2) is 12.8. The number of nitro benzene ring substituents is 1. The molecule has 19 heteroatoms. The largest absolute Gasteiger partial charge is 0.458 e. The standard InChI is InChI=1S/C22H20N6O12S/c23-22-25-14(10-41-22)18(26-37-9-17(30)36-7-11-1-3-12(4-2-11)27(34)35)19(31)24-13-8-38-28(20(13)32)40-21(33)15-5-6-16(29)39-15/h1-4,10,13,15H,5-9H2,(H2,23,25)(H,24,31)/t13-,15?/m0/s1. The molecule has 1 aromatic heterocycles. The fourth-order valence-electron chi connectivity index (χ4n) is 3.31. The van der Waals surface area contributed by atoms with Crippen LogP contribution >= 0.6 is 11.3 Å². The summed E-state index contributed by atoms with van der Waals surface area (Å²) < 4.78 is 9.78. The molecule has 1 aromatic carbocycles. The van der Waals surface area contributed by atoms with E-state index in [0.717, 1.165) is 11.3 Å². The van der Waals surface area contributed by atoms with Crippen LogP contribution in [0.1, 0.15) is 24.1 Å². The zero-order valence-electron chi connectivity index (χ0n) is 20.8. The third-order valence-electron chi connectivity index (χ3n) is 5.33. The number of esters is 2. The van der Waals surface area contributed by atoms with E-state index in [9.17, 15) is 34.1 Å². The maximum absolute atomic E-state index is 12.9. The molecular weight excluding hydrogens is 572 g/mol. The van der Waals surface area contributed by atoms with Gasteiger partial charge in [-0.1, -0.05) is 5.16 Å². The number of non-ortho nitro benzene ring substituents is 1. The van der Waals surface area contributed by atoms with E-state index in [2.05, 4.69) is 15.5 Å². The Bertz CT molecular complexity index is 1390. The Morgan fingerprint density at radius 2 is 2.02 bits per heavy atom. The first-order chi connectivity index (χ1) is 19.6. The Labute approximate surface area is 233 Å². The molecule has 0 bridgehead atoms. The van der Waals surface area contributed by atoms with Crippen molar-refractivity contribution < 1.29 is 52.9 Å². The number of rotatable bonds is 11. The van der Waals surface area contributed by atoms with E-state index in [1.807, 2.05) is 0 Å². The van der Waals surface area contributed by atoms with Crippen LogP contribution < -0.4 is 11.1 Å². The number of aromatic nitrogens is 1. The number of benzene rings is 1. The third kappa shape index (κ3) is 7.48. The molecule has 0 saturated carbocycles. The lowest BCUT2D eigenvalue weighted by molar-refractivity contribution is -0.384. The minimum absolute atomic E-state index is 0.0239. The number of carbonyl (C=O) groups is 5. The van der Waals surface area contributed by atoms with Crippen LogP contribution in [0.4, 0.5) is 10.8 Å². The lowest BCUT2D eigenvalue weighted by Gasteiger charge is -2.15. The van der Waals surface area contributed by atoms with Gasteiger partial charge in [0.2, 0.25) is 12.7 Å². The minimum atomic E-state index is -1.31. The fourth-order valence-corrected chi connectivity index (χ4v) is 3.86. The molecule has 3 N–H and O–H groups in total. The number of nitrogen functional groups attached to an aromatic ring is 1. The zero-order chi connectivity index (χ0) is 29.5. The number of nitrogens with two attached hydrogens (primary N) is 1. The van der Waals surface area contributed by atoms with Crippen LogP contribution in [0, 0.1) is 10.1 Å². The summed E-state index contributed by atoms with van der Waals surface area (Å²) in [5.41, 5.74) is 5.53. The fraction of sp³-hybridized carbons (Fsp3) is 0.318. The number of carbonyl (C=O) groups excluding carboxylic acids is 5. The van der Waals surface area contributed by atoms with Crippen molar-refractivity contribution >= 4 is 57.6 Å². The van der Waals surface area contributed by atoms with Gasteiger partial charge in [-0.3, -0.25) is 24.5 Å². The van der Waals surface area contributed by atoms with Gasteiger partial charge in [0.25, 0.3) is 11.6 Å². The van der Waals surface area contributed by atoms with E-state index in [1.165, 1.54) is 29.6 Å². The second-order valence-electron chi connectivity index (χ2n) is 8.21. The van der Waals surface area contributed by atoms with E-state index in [1.54, 1.807) is 0 Å². The summed E-state index contributed by atoms with van der Waals surface area (Å²) in [6.45, 7) is -1.33. The lowest BCUT2D eigenvalue weighted by Crippen LogP contribution is -2.46. The molecule has 2 atom stereocenters. The molecule has 2 fully saturated rings. The number of hydrogen-bond donors (Lipinski definition) is 2. The van der Waals surface area contributed by atoms with Crippen molar-refractivity contribution in [3.63, 3.8) is 0 Å². The first kappa shape index (κ1) is 28.8. The van der Waals surface area contributed by atoms with Crippen molar-refractivity contribution in [1.29, 1.82) is 0 Å². The summed E-state index contributed by atoms with van der Waals surface area (Å²) >= 11 is 0.984. The highest BCUT2D eigenvalue weighted by atomic mass is 32.1. The summed E-state index contributed by atoms with van der Waals surface area (Å²) in [6.07, 6.45) is -1.07. The Balaban J connectivity index is 1.31. The number of hydrogen-bond acceptors (Lipinski definition) is 16. The van der Waals surface area contributed by atoms with Crippen LogP contribution in [-0.2, 0) is 54.6 Å². The molecule has 2 saturated heterocycles. The van der Waals surface area contributed by atoms with Gasteiger partial charge in [0.05, 0.1) is 4.92 Å². The minimum Gasteiger partial charge on any atom is -0.458 e. The third-order valence-corrected chi connectivity index (χ3v) is 6.00. The number of nitro groups is 1. The van der Waals surface area contributed by atoms with E-state index in [0.29, 0.717) is 5.56 Å². The van der Waals surface area contributed by atoms with Crippen molar-refractivity contribution in [2.45, 2.75) is 31.6 Å². The van der Waals surface area contributed by atoms with E-state index < -0.39 is 65.7 Å². The molecule has 216 valence electrons. The maximum Gasteiger partial charge on any atom is 0.375 e. The number of amides is 2. The topological polar surface area (TPSA) is 241 Å². The van der Waals surface area contributed by atoms with Gasteiger partial charge >= 0.3 is 23.8 Å². The van der Waals surface area contributed by atoms with Gasteiger partial charge in [-0.25, -0.2) is 19.4 Å². The Morgan fingerprint density at radius 1 is 1.27 bits per heavy atom. The highest BCUT2D eigenvalue weighted by molar-refractivity contribution is 7.13. The molecule has 18 nitrogen and oxygen atoms in total. The number of nitrogens with zero attached hydrogens (tertiary/aromatic N) is 4. The average molecular weight is 592 g/mol. The normalized spacial score (nSPS) is 18.5. The van der Waals surface area contributed by atoms with Crippen LogP contribution in [0.15, 0.2) is 34.8 Å². The van der Waals surface area contributed by atoms with Crippen molar-refractivity contribution in [2.75, 3.05) is 18.9 Å². The molecule has 2 aromatic rings. The predicted octanol–water partition coefficient (Wildman–Crippen LogP) is -0.480. The molecule has 0 spiro atoms. The van der Waals surface area contributed by atoms with Crippen LogP contribution in [0.2, 0.25) is 0 Å². The molecule has 2 aliphatic rings. The number of oxime groups is 1. The molecule has 2 amide bonds. The zero-order valence-corrected chi connectivity index (χ0v) is 21.6. The molecule has 0 aliphatic carbocycles. The van der Waals surface area contributed by atoms with Gasteiger partial charge in [0, 0.05) is 30.4 Å². The molecule has 1 unspecified atom stereocenters. The maximum atomic E-state index is 12.9.